The first-order valence-corrected chi connectivity index (χ1v) is 11.7. The molecule has 5 aromatic rings. The highest BCUT2D eigenvalue weighted by molar-refractivity contribution is 5.94. The van der Waals surface area contributed by atoms with Crippen molar-refractivity contribution in [1.82, 2.24) is 39.4 Å². The SMILES string of the molecule is CNc1cc(Nc2cccn(-c3ccccn3)c2=O)nn2c(C(=O)NC3CCc4nccnc43)cnc12. The van der Waals surface area contributed by atoms with E-state index in [4.69, 9.17) is 0 Å². The summed E-state index contributed by atoms with van der Waals surface area (Å²) in [6, 6.07) is 10.2. The Hall–Kier alpha value is -5.13. The van der Waals surface area contributed by atoms with Crippen molar-refractivity contribution in [1.29, 1.82) is 0 Å². The maximum Gasteiger partial charge on any atom is 0.279 e. The molecule has 184 valence electrons. The Morgan fingerprint density at radius 1 is 1.03 bits per heavy atom. The van der Waals surface area contributed by atoms with Gasteiger partial charge in [-0.15, -0.1) is 5.10 Å². The van der Waals surface area contributed by atoms with E-state index in [1.54, 1.807) is 62.2 Å². The molecule has 0 bridgehead atoms. The summed E-state index contributed by atoms with van der Waals surface area (Å²) in [7, 11) is 1.75. The van der Waals surface area contributed by atoms with Crippen LogP contribution in [0.5, 0.6) is 0 Å². The fourth-order valence-corrected chi connectivity index (χ4v) is 4.42. The third-order valence-electron chi connectivity index (χ3n) is 6.19. The molecule has 37 heavy (non-hydrogen) atoms. The van der Waals surface area contributed by atoms with E-state index in [2.05, 4.69) is 41.0 Å². The van der Waals surface area contributed by atoms with E-state index in [1.165, 1.54) is 15.3 Å². The van der Waals surface area contributed by atoms with Gasteiger partial charge in [0.25, 0.3) is 11.5 Å². The zero-order valence-corrected chi connectivity index (χ0v) is 19.8. The van der Waals surface area contributed by atoms with Crippen LogP contribution in [0, 0.1) is 0 Å². The fraction of sp³-hybridized carbons (Fsp3) is 0.160. The predicted molar refractivity (Wildman–Crippen MR) is 136 cm³/mol. The van der Waals surface area contributed by atoms with E-state index < -0.39 is 0 Å². The predicted octanol–water partition coefficient (Wildman–Crippen LogP) is 2.27. The van der Waals surface area contributed by atoms with Crippen LogP contribution in [0.15, 0.2) is 72.2 Å². The van der Waals surface area contributed by atoms with Crippen molar-refractivity contribution in [3.8, 4) is 5.82 Å². The minimum Gasteiger partial charge on any atom is -0.385 e. The largest absolute Gasteiger partial charge is 0.385 e. The third kappa shape index (κ3) is 4.03. The lowest BCUT2D eigenvalue weighted by molar-refractivity contribution is 0.0929. The summed E-state index contributed by atoms with van der Waals surface area (Å²) in [5.41, 5.74) is 3.05. The third-order valence-corrected chi connectivity index (χ3v) is 6.19. The molecule has 0 spiro atoms. The number of hydrogen-bond donors (Lipinski definition) is 3. The molecule has 1 unspecified atom stereocenters. The van der Waals surface area contributed by atoms with Gasteiger partial charge in [0.1, 0.15) is 11.5 Å². The number of nitrogens with one attached hydrogen (secondary N) is 3. The van der Waals surface area contributed by atoms with Gasteiger partial charge >= 0.3 is 0 Å². The van der Waals surface area contributed by atoms with Crippen molar-refractivity contribution in [2.24, 2.45) is 0 Å². The molecule has 12 heteroatoms. The molecule has 1 atom stereocenters. The molecule has 0 saturated carbocycles. The van der Waals surface area contributed by atoms with Crippen molar-refractivity contribution in [3.63, 3.8) is 0 Å². The summed E-state index contributed by atoms with van der Waals surface area (Å²) in [6.45, 7) is 0. The molecule has 0 fully saturated rings. The molecule has 0 saturated heterocycles. The van der Waals surface area contributed by atoms with Crippen LogP contribution in [0.2, 0.25) is 0 Å². The molecule has 0 aliphatic heterocycles. The number of hydrogen-bond acceptors (Lipinski definition) is 9. The van der Waals surface area contributed by atoms with Crippen LogP contribution in [0.3, 0.4) is 0 Å². The Morgan fingerprint density at radius 2 is 1.92 bits per heavy atom. The van der Waals surface area contributed by atoms with Crippen LogP contribution in [0.25, 0.3) is 11.5 Å². The van der Waals surface area contributed by atoms with Crippen LogP contribution < -0.4 is 21.5 Å². The summed E-state index contributed by atoms with van der Waals surface area (Å²) in [4.78, 5) is 43.8. The van der Waals surface area contributed by atoms with Crippen LogP contribution in [0.4, 0.5) is 17.2 Å². The minimum atomic E-state index is -0.333. The van der Waals surface area contributed by atoms with E-state index in [0.29, 0.717) is 28.7 Å². The highest BCUT2D eigenvalue weighted by Gasteiger charge is 2.28. The first kappa shape index (κ1) is 22.3. The van der Waals surface area contributed by atoms with Crippen LogP contribution in [-0.4, -0.2) is 47.1 Å². The van der Waals surface area contributed by atoms with Gasteiger partial charge in [-0.1, -0.05) is 6.07 Å². The van der Waals surface area contributed by atoms with Gasteiger partial charge in [-0.3, -0.25) is 24.1 Å². The summed E-state index contributed by atoms with van der Waals surface area (Å²) in [5.74, 6) is 0.527. The standard InChI is InChI=1S/C25H22N10O2/c1-26-18-13-20(31-17-5-4-12-34(25(17)37)21-6-2-3-9-28-21)33-35-19(14-30-23(18)35)24(36)32-16-8-7-15-22(16)29-11-10-27-15/h2-6,9-14,16,26H,7-8H2,1H3,(H,31,33)(H,32,36). The average molecular weight is 495 g/mol. The monoisotopic (exact) mass is 494 g/mol. The summed E-state index contributed by atoms with van der Waals surface area (Å²) in [5, 5.41) is 13.8. The zero-order valence-electron chi connectivity index (χ0n) is 19.8. The number of aromatic nitrogens is 7. The molecule has 5 heterocycles. The fourth-order valence-electron chi connectivity index (χ4n) is 4.42. The molecule has 3 N–H and O–H groups in total. The molecule has 12 nitrogen and oxygen atoms in total. The molecule has 1 aliphatic carbocycles. The molecule has 1 amide bonds. The van der Waals surface area contributed by atoms with E-state index in [0.717, 1.165) is 24.2 Å². The van der Waals surface area contributed by atoms with Crippen molar-refractivity contribution in [3.05, 3.63) is 94.8 Å². The number of carbonyl (C=O) groups excluding carboxylic acids is 1. The molecule has 1 aliphatic rings. The van der Waals surface area contributed by atoms with Gasteiger partial charge in [-0.2, -0.15) is 0 Å². The highest BCUT2D eigenvalue weighted by atomic mass is 16.2. The lowest BCUT2D eigenvalue weighted by Crippen LogP contribution is -2.29. The van der Waals surface area contributed by atoms with Crippen LogP contribution >= 0.6 is 0 Å². The lowest BCUT2D eigenvalue weighted by Gasteiger charge is -2.13. The molecule has 0 radical (unpaired) electrons. The zero-order chi connectivity index (χ0) is 25.4. The lowest BCUT2D eigenvalue weighted by atomic mass is 10.2. The number of imidazole rings is 1. The summed E-state index contributed by atoms with van der Waals surface area (Å²) >= 11 is 0. The Bertz CT molecular complexity index is 1680. The van der Waals surface area contributed by atoms with Gasteiger partial charge in [-0.05, 0) is 37.1 Å². The highest BCUT2D eigenvalue weighted by Crippen LogP contribution is 2.28. The second-order valence-electron chi connectivity index (χ2n) is 8.44. The smallest absolute Gasteiger partial charge is 0.279 e. The second-order valence-corrected chi connectivity index (χ2v) is 8.44. The van der Waals surface area contributed by atoms with E-state index in [-0.39, 0.29) is 23.2 Å². The first-order valence-electron chi connectivity index (χ1n) is 11.7. The number of anilines is 3. The van der Waals surface area contributed by atoms with Gasteiger partial charge in [0, 0.05) is 37.9 Å². The average Bonchev–Trinajstić information content (AvgIpc) is 3.54. The normalized spacial score (nSPS) is 14.4. The van der Waals surface area contributed by atoms with E-state index in [1.807, 2.05) is 6.07 Å². The maximum atomic E-state index is 13.2. The molecular formula is C25H22N10O2. The van der Waals surface area contributed by atoms with Gasteiger partial charge in [-0.25, -0.2) is 14.5 Å². The van der Waals surface area contributed by atoms with Crippen molar-refractivity contribution in [2.75, 3.05) is 17.7 Å². The quantitative estimate of drug-likeness (QED) is 0.324. The summed E-state index contributed by atoms with van der Waals surface area (Å²) < 4.78 is 2.90. The van der Waals surface area contributed by atoms with Crippen molar-refractivity contribution in [2.45, 2.75) is 18.9 Å². The van der Waals surface area contributed by atoms with E-state index >= 15 is 0 Å². The Morgan fingerprint density at radius 3 is 2.76 bits per heavy atom. The van der Waals surface area contributed by atoms with Crippen LogP contribution in [-0.2, 0) is 6.42 Å². The van der Waals surface area contributed by atoms with Crippen LogP contribution in [0.1, 0.15) is 34.3 Å². The molecular weight excluding hydrogens is 472 g/mol. The molecule has 5 aromatic heterocycles. The van der Waals surface area contributed by atoms with Crippen molar-refractivity contribution < 1.29 is 4.79 Å². The maximum absolute atomic E-state index is 13.2. The Balaban J connectivity index is 1.33. The van der Waals surface area contributed by atoms with Gasteiger partial charge < -0.3 is 16.0 Å². The minimum absolute atomic E-state index is 0.235. The Labute approximate surface area is 210 Å². The number of pyridine rings is 2. The number of amides is 1. The van der Waals surface area contributed by atoms with Crippen molar-refractivity contribution >= 4 is 28.7 Å². The van der Waals surface area contributed by atoms with Gasteiger partial charge in [0.2, 0.25) is 0 Å². The summed E-state index contributed by atoms with van der Waals surface area (Å²) in [6.07, 6.45) is 9.51. The number of nitrogens with zero attached hydrogens (tertiary/aromatic N) is 7. The molecule has 0 aromatic carbocycles. The van der Waals surface area contributed by atoms with Gasteiger partial charge in [0.15, 0.2) is 17.2 Å². The number of aryl methyl sites for hydroxylation is 1. The van der Waals surface area contributed by atoms with Gasteiger partial charge in [0.05, 0.1) is 29.3 Å². The topological polar surface area (TPSA) is 144 Å². The Kier molecular flexibility index (Phi) is 5.52. The second kappa shape index (κ2) is 9.15. The first-order chi connectivity index (χ1) is 18.1. The number of carbonyl (C=O) groups is 1. The number of rotatable bonds is 6. The van der Waals surface area contributed by atoms with E-state index in [9.17, 15) is 9.59 Å². The number of fused-ring (bicyclic) bond motifs is 2. The molecule has 6 rings (SSSR count).